The number of hydrogen-bond acceptors (Lipinski definition) is 3. The largest absolute Gasteiger partial charge is 0.484 e. The van der Waals surface area contributed by atoms with Gasteiger partial charge in [-0.3, -0.25) is 9.59 Å². The number of carbonyl (C=O) groups excluding carboxylic acids is 2. The average Bonchev–Trinajstić information content (AvgIpc) is 2.59. The van der Waals surface area contributed by atoms with E-state index in [0.717, 1.165) is 0 Å². The van der Waals surface area contributed by atoms with Crippen LogP contribution in [0.25, 0.3) is 6.08 Å². The predicted molar refractivity (Wildman–Crippen MR) is 100 cm³/mol. The number of benzene rings is 2. The molecule has 0 heterocycles. The normalized spacial score (nSPS) is 10.7. The standard InChI is InChI=1S/C19H17Cl2NO3/c1-22(2)19(24)12-25-14-8-6-13(7-9-14)18(23)11-10-15-16(20)4-3-5-17(15)21/h3-11H,12H2,1-2H3. The lowest BCUT2D eigenvalue weighted by molar-refractivity contribution is -0.130. The molecule has 0 aliphatic carbocycles. The van der Waals surface area contributed by atoms with Crippen molar-refractivity contribution >= 4 is 41.0 Å². The zero-order valence-corrected chi connectivity index (χ0v) is 15.3. The second-order valence-electron chi connectivity index (χ2n) is 5.43. The Balaban J connectivity index is 2.03. The Morgan fingerprint density at radius 1 is 1.04 bits per heavy atom. The van der Waals surface area contributed by atoms with Crippen LogP contribution >= 0.6 is 23.2 Å². The molecule has 0 saturated heterocycles. The summed E-state index contributed by atoms with van der Waals surface area (Å²) in [6.07, 6.45) is 3.01. The minimum atomic E-state index is -0.188. The summed E-state index contributed by atoms with van der Waals surface area (Å²) in [5, 5.41) is 0.955. The maximum absolute atomic E-state index is 12.2. The van der Waals surface area contributed by atoms with Gasteiger partial charge in [0.15, 0.2) is 12.4 Å². The molecule has 2 rings (SSSR count). The Kier molecular flexibility index (Phi) is 6.62. The van der Waals surface area contributed by atoms with Crippen molar-refractivity contribution in [2.75, 3.05) is 20.7 Å². The SMILES string of the molecule is CN(C)C(=O)COc1ccc(C(=O)C=Cc2c(Cl)cccc2Cl)cc1. The van der Waals surface area contributed by atoms with Crippen molar-refractivity contribution in [1.82, 2.24) is 4.90 Å². The number of halogens is 2. The summed E-state index contributed by atoms with van der Waals surface area (Å²) < 4.78 is 5.37. The number of nitrogens with zero attached hydrogens (tertiary/aromatic N) is 1. The Hall–Kier alpha value is -2.30. The number of amides is 1. The molecule has 0 unspecified atom stereocenters. The fourth-order valence-corrected chi connectivity index (χ4v) is 2.44. The molecule has 0 aliphatic heterocycles. The van der Waals surface area contributed by atoms with Crippen LogP contribution in [0.2, 0.25) is 10.0 Å². The second-order valence-corrected chi connectivity index (χ2v) is 6.25. The van der Waals surface area contributed by atoms with Gasteiger partial charge in [-0.25, -0.2) is 0 Å². The van der Waals surface area contributed by atoms with Gasteiger partial charge in [-0.15, -0.1) is 0 Å². The first-order valence-corrected chi connectivity index (χ1v) is 8.23. The number of likely N-dealkylation sites (N-methyl/N-ethyl adjacent to an activating group) is 1. The van der Waals surface area contributed by atoms with Crippen molar-refractivity contribution in [2.45, 2.75) is 0 Å². The molecule has 4 nitrogen and oxygen atoms in total. The lowest BCUT2D eigenvalue weighted by Crippen LogP contribution is -2.27. The van der Waals surface area contributed by atoms with Crippen LogP contribution in [0.3, 0.4) is 0 Å². The molecule has 0 saturated carbocycles. The predicted octanol–water partition coefficient (Wildman–Crippen LogP) is 4.36. The van der Waals surface area contributed by atoms with E-state index in [0.29, 0.717) is 26.9 Å². The van der Waals surface area contributed by atoms with E-state index >= 15 is 0 Å². The number of ketones is 1. The highest BCUT2D eigenvalue weighted by Crippen LogP contribution is 2.25. The minimum Gasteiger partial charge on any atom is -0.484 e. The fraction of sp³-hybridized carbons (Fsp3) is 0.158. The zero-order chi connectivity index (χ0) is 18.4. The van der Waals surface area contributed by atoms with Gasteiger partial charge in [0.05, 0.1) is 0 Å². The quantitative estimate of drug-likeness (QED) is 0.555. The van der Waals surface area contributed by atoms with Gasteiger partial charge in [0, 0.05) is 35.3 Å². The summed E-state index contributed by atoms with van der Waals surface area (Å²) >= 11 is 12.1. The lowest BCUT2D eigenvalue weighted by atomic mass is 10.1. The van der Waals surface area contributed by atoms with E-state index in [-0.39, 0.29) is 18.3 Å². The zero-order valence-electron chi connectivity index (χ0n) is 13.8. The number of rotatable bonds is 6. The van der Waals surface area contributed by atoms with Gasteiger partial charge in [-0.2, -0.15) is 0 Å². The van der Waals surface area contributed by atoms with E-state index in [2.05, 4.69) is 0 Å². The number of carbonyl (C=O) groups is 2. The Morgan fingerprint density at radius 2 is 1.64 bits per heavy atom. The highest BCUT2D eigenvalue weighted by molar-refractivity contribution is 6.37. The molecule has 1 amide bonds. The molecule has 0 aliphatic rings. The van der Waals surface area contributed by atoms with Crippen LogP contribution in [0.5, 0.6) is 5.75 Å². The molecule has 0 atom stereocenters. The summed E-state index contributed by atoms with van der Waals surface area (Å²) in [5.74, 6) is 0.191. The highest BCUT2D eigenvalue weighted by atomic mass is 35.5. The Bertz CT molecular complexity index is 779. The molecule has 0 aromatic heterocycles. The summed E-state index contributed by atoms with van der Waals surface area (Å²) in [7, 11) is 3.32. The molecule has 0 N–H and O–H groups in total. The van der Waals surface area contributed by atoms with Crippen LogP contribution in [0.15, 0.2) is 48.5 Å². The number of allylic oxidation sites excluding steroid dienone is 1. The molecule has 0 spiro atoms. The molecule has 2 aromatic carbocycles. The molecule has 0 bridgehead atoms. The van der Waals surface area contributed by atoms with Crippen LogP contribution in [0.1, 0.15) is 15.9 Å². The van der Waals surface area contributed by atoms with Gasteiger partial charge >= 0.3 is 0 Å². The fourth-order valence-electron chi connectivity index (χ4n) is 1.91. The molecule has 6 heteroatoms. The maximum atomic E-state index is 12.2. The second kappa shape index (κ2) is 8.70. The van der Waals surface area contributed by atoms with E-state index in [9.17, 15) is 9.59 Å². The van der Waals surface area contributed by atoms with Crippen LogP contribution < -0.4 is 4.74 Å². The van der Waals surface area contributed by atoms with Crippen LogP contribution in [0.4, 0.5) is 0 Å². The van der Waals surface area contributed by atoms with Gasteiger partial charge in [0.1, 0.15) is 5.75 Å². The molecular weight excluding hydrogens is 361 g/mol. The Morgan fingerprint density at radius 3 is 2.20 bits per heavy atom. The first-order chi connectivity index (χ1) is 11.9. The van der Waals surface area contributed by atoms with Crippen molar-refractivity contribution in [1.29, 1.82) is 0 Å². The van der Waals surface area contributed by atoms with Crippen LogP contribution in [-0.4, -0.2) is 37.3 Å². The first kappa shape index (κ1) is 19.0. The molecule has 130 valence electrons. The van der Waals surface area contributed by atoms with Crippen LogP contribution in [0, 0.1) is 0 Å². The molecule has 2 aromatic rings. The molecule has 25 heavy (non-hydrogen) atoms. The smallest absolute Gasteiger partial charge is 0.259 e. The van der Waals surface area contributed by atoms with Crippen LogP contribution in [-0.2, 0) is 4.79 Å². The van der Waals surface area contributed by atoms with E-state index in [1.807, 2.05) is 0 Å². The molecular formula is C19H17Cl2NO3. The van der Waals surface area contributed by atoms with Gasteiger partial charge in [-0.05, 0) is 48.6 Å². The van der Waals surface area contributed by atoms with E-state index in [1.54, 1.807) is 62.6 Å². The van der Waals surface area contributed by atoms with Crippen molar-refractivity contribution in [3.63, 3.8) is 0 Å². The maximum Gasteiger partial charge on any atom is 0.259 e. The average molecular weight is 378 g/mol. The first-order valence-electron chi connectivity index (χ1n) is 7.48. The third-order valence-corrected chi connectivity index (χ3v) is 4.06. The molecule has 0 radical (unpaired) electrons. The van der Waals surface area contributed by atoms with Crippen molar-refractivity contribution in [3.8, 4) is 5.75 Å². The molecule has 0 fully saturated rings. The number of hydrogen-bond donors (Lipinski definition) is 0. The summed E-state index contributed by atoms with van der Waals surface area (Å²) in [6, 6.07) is 11.7. The van der Waals surface area contributed by atoms with Gasteiger partial charge < -0.3 is 9.64 Å². The Labute approximate surface area is 156 Å². The minimum absolute atomic E-state index is 0.0504. The number of ether oxygens (including phenoxy) is 1. The lowest BCUT2D eigenvalue weighted by Gasteiger charge is -2.11. The van der Waals surface area contributed by atoms with E-state index < -0.39 is 0 Å². The van der Waals surface area contributed by atoms with E-state index in [4.69, 9.17) is 27.9 Å². The monoisotopic (exact) mass is 377 g/mol. The summed E-state index contributed by atoms with van der Waals surface area (Å²) in [6.45, 7) is -0.0504. The van der Waals surface area contributed by atoms with E-state index in [1.165, 1.54) is 11.0 Å². The van der Waals surface area contributed by atoms with Crippen molar-refractivity contribution < 1.29 is 14.3 Å². The van der Waals surface area contributed by atoms with Gasteiger partial charge in [0.25, 0.3) is 5.91 Å². The van der Waals surface area contributed by atoms with Gasteiger partial charge in [0.2, 0.25) is 0 Å². The van der Waals surface area contributed by atoms with Crippen molar-refractivity contribution in [2.24, 2.45) is 0 Å². The third-order valence-electron chi connectivity index (χ3n) is 3.40. The highest BCUT2D eigenvalue weighted by Gasteiger charge is 2.07. The van der Waals surface area contributed by atoms with Crippen molar-refractivity contribution in [3.05, 3.63) is 69.7 Å². The summed E-state index contributed by atoms with van der Waals surface area (Å²) in [4.78, 5) is 25.2. The topological polar surface area (TPSA) is 46.6 Å². The van der Waals surface area contributed by atoms with Gasteiger partial charge in [-0.1, -0.05) is 29.3 Å². The third kappa shape index (κ3) is 5.34. The summed E-state index contributed by atoms with van der Waals surface area (Å²) in [5.41, 5.74) is 1.09.